The largest absolute Gasteiger partial charge is 0.478 e. The molecule has 3 rings (SSSR count). The van der Waals surface area contributed by atoms with E-state index in [1.54, 1.807) is 0 Å². The van der Waals surface area contributed by atoms with Crippen molar-refractivity contribution in [3.8, 4) is 5.75 Å². The fraction of sp³-hybridized carbons (Fsp3) is 0.533. The van der Waals surface area contributed by atoms with Crippen LogP contribution in [-0.2, 0) is 11.2 Å². The van der Waals surface area contributed by atoms with Gasteiger partial charge in [0.1, 0.15) is 5.75 Å². The highest BCUT2D eigenvalue weighted by Gasteiger charge is 2.26. The van der Waals surface area contributed by atoms with Gasteiger partial charge in [-0.05, 0) is 49.9 Å². The molecule has 2 aliphatic rings. The van der Waals surface area contributed by atoms with Crippen molar-refractivity contribution in [3.05, 3.63) is 23.8 Å². The zero-order valence-corrected chi connectivity index (χ0v) is 11.2. The number of nitrogens with one attached hydrogen (secondary N) is 2. The average Bonchev–Trinajstić information content (AvgIpc) is 2.90. The first kappa shape index (κ1) is 12.5. The van der Waals surface area contributed by atoms with Crippen LogP contribution in [0.4, 0.5) is 5.69 Å². The lowest BCUT2D eigenvalue weighted by Crippen LogP contribution is -2.36. The third-order valence-electron chi connectivity index (χ3n) is 3.88. The van der Waals surface area contributed by atoms with Crippen molar-refractivity contribution in [2.45, 2.75) is 44.8 Å². The number of benzene rings is 1. The summed E-state index contributed by atoms with van der Waals surface area (Å²) in [6.07, 6.45) is 3.85. The third kappa shape index (κ3) is 2.59. The van der Waals surface area contributed by atoms with Gasteiger partial charge in [0.05, 0.1) is 5.69 Å². The standard InChI is InChI=1S/C15H20N2O2/c1-2-13-15(18)17-12-9-10(5-6-14(12)19-13)8-11-4-3-7-16-11/h5-6,9,11,13,16H,2-4,7-8H2,1H3,(H,17,18). The molecule has 1 saturated heterocycles. The first-order valence-electron chi connectivity index (χ1n) is 7.10. The third-order valence-corrected chi connectivity index (χ3v) is 3.88. The van der Waals surface area contributed by atoms with Gasteiger partial charge in [-0.1, -0.05) is 13.0 Å². The molecule has 2 N–H and O–H groups in total. The van der Waals surface area contributed by atoms with Crippen molar-refractivity contribution in [2.75, 3.05) is 11.9 Å². The Kier molecular flexibility index (Phi) is 3.42. The van der Waals surface area contributed by atoms with E-state index in [0.29, 0.717) is 12.5 Å². The number of hydrogen-bond acceptors (Lipinski definition) is 3. The molecule has 0 aliphatic carbocycles. The number of amides is 1. The van der Waals surface area contributed by atoms with Gasteiger partial charge in [0.2, 0.25) is 0 Å². The Morgan fingerprint density at radius 3 is 3.05 bits per heavy atom. The van der Waals surface area contributed by atoms with Gasteiger partial charge < -0.3 is 15.4 Å². The molecule has 0 radical (unpaired) electrons. The number of fused-ring (bicyclic) bond motifs is 1. The maximum atomic E-state index is 11.8. The number of carbonyl (C=O) groups is 1. The minimum absolute atomic E-state index is 0.0360. The van der Waals surface area contributed by atoms with Crippen LogP contribution >= 0.6 is 0 Å². The Balaban J connectivity index is 1.76. The molecule has 0 bridgehead atoms. The van der Waals surface area contributed by atoms with Crippen LogP contribution in [0.5, 0.6) is 5.75 Å². The van der Waals surface area contributed by atoms with Crippen molar-refractivity contribution < 1.29 is 9.53 Å². The van der Waals surface area contributed by atoms with E-state index in [0.717, 1.165) is 24.4 Å². The monoisotopic (exact) mass is 260 g/mol. The number of anilines is 1. The number of carbonyl (C=O) groups excluding carboxylic acids is 1. The van der Waals surface area contributed by atoms with E-state index in [1.165, 1.54) is 18.4 Å². The molecule has 4 heteroatoms. The van der Waals surface area contributed by atoms with Gasteiger partial charge in [0.15, 0.2) is 6.10 Å². The molecule has 0 spiro atoms. The van der Waals surface area contributed by atoms with Crippen LogP contribution in [-0.4, -0.2) is 24.6 Å². The zero-order valence-electron chi connectivity index (χ0n) is 11.2. The Morgan fingerprint density at radius 1 is 1.42 bits per heavy atom. The fourth-order valence-electron chi connectivity index (χ4n) is 2.81. The summed E-state index contributed by atoms with van der Waals surface area (Å²) in [5.74, 6) is 0.751. The zero-order chi connectivity index (χ0) is 13.2. The maximum Gasteiger partial charge on any atom is 0.265 e. The van der Waals surface area contributed by atoms with Gasteiger partial charge in [-0.25, -0.2) is 0 Å². The second-order valence-electron chi connectivity index (χ2n) is 5.33. The molecule has 0 saturated carbocycles. The smallest absolute Gasteiger partial charge is 0.265 e. The lowest BCUT2D eigenvalue weighted by molar-refractivity contribution is -0.123. The molecule has 0 aromatic heterocycles. The van der Waals surface area contributed by atoms with Gasteiger partial charge >= 0.3 is 0 Å². The molecule has 2 heterocycles. The van der Waals surface area contributed by atoms with Crippen LogP contribution in [0, 0.1) is 0 Å². The van der Waals surface area contributed by atoms with E-state index in [-0.39, 0.29) is 12.0 Å². The molecule has 1 amide bonds. The van der Waals surface area contributed by atoms with Crippen LogP contribution < -0.4 is 15.4 Å². The summed E-state index contributed by atoms with van der Waals surface area (Å²) in [6.45, 7) is 3.07. The van der Waals surface area contributed by atoms with Gasteiger partial charge in [-0.2, -0.15) is 0 Å². The van der Waals surface area contributed by atoms with E-state index in [1.807, 2.05) is 19.1 Å². The van der Waals surface area contributed by atoms with Crippen LogP contribution in [0.15, 0.2) is 18.2 Å². The summed E-state index contributed by atoms with van der Waals surface area (Å²) in [4.78, 5) is 11.8. The second-order valence-corrected chi connectivity index (χ2v) is 5.33. The molecule has 1 aromatic rings. The maximum absolute atomic E-state index is 11.8. The molecule has 102 valence electrons. The van der Waals surface area contributed by atoms with Crippen LogP contribution in [0.1, 0.15) is 31.7 Å². The lowest BCUT2D eigenvalue weighted by atomic mass is 10.0. The van der Waals surface area contributed by atoms with Crippen molar-refractivity contribution in [1.29, 1.82) is 0 Å². The topological polar surface area (TPSA) is 50.4 Å². The first-order chi connectivity index (χ1) is 9.26. The molecule has 19 heavy (non-hydrogen) atoms. The van der Waals surface area contributed by atoms with Gasteiger partial charge in [0.25, 0.3) is 5.91 Å². The molecule has 2 atom stereocenters. The Hall–Kier alpha value is -1.55. The predicted molar refractivity (Wildman–Crippen MR) is 74.5 cm³/mol. The van der Waals surface area contributed by atoms with Crippen LogP contribution in [0.3, 0.4) is 0 Å². The van der Waals surface area contributed by atoms with Crippen LogP contribution in [0.2, 0.25) is 0 Å². The highest BCUT2D eigenvalue weighted by molar-refractivity contribution is 5.97. The van der Waals surface area contributed by atoms with E-state index in [9.17, 15) is 4.79 Å². The SMILES string of the molecule is CCC1Oc2ccc(CC3CCCN3)cc2NC1=O. The molecule has 1 fully saturated rings. The minimum atomic E-state index is -0.352. The first-order valence-corrected chi connectivity index (χ1v) is 7.10. The Labute approximate surface area is 113 Å². The number of hydrogen-bond donors (Lipinski definition) is 2. The molecule has 2 unspecified atom stereocenters. The van der Waals surface area contributed by atoms with Crippen molar-refractivity contribution in [3.63, 3.8) is 0 Å². The van der Waals surface area contributed by atoms with E-state index in [2.05, 4.69) is 16.7 Å². The average molecular weight is 260 g/mol. The Morgan fingerprint density at radius 2 is 2.32 bits per heavy atom. The van der Waals surface area contributed by atoms with E-state index in [4.69, 9.17) is 4.74 Å². The molecule has 1 aromatic carbocycles. The van der Waals surface area contributed by atoms with Crippen molar-refractivity contribution in [2.24, 2.45) is 0 Å². The van der Waals surface area contributed by atoms with Gasteiger partial charge in [-0.15, -0.1) is 0 Å². The van der Waals surface area contributed by atoms with E-state index < -0.39 is 0 Å². The molecular weight excluding hydrogens is 240 g/mol. The summed E-state index contributed by atoms with van der Waals surface area (Å²) >= 11 is 0. The minimum Gasteiger partial charge on any atom is -0.478 e. The summed E-state index contributed by atoms with van der Waals surface area (Å²) in [6, 6.07) is 6.69. The van der Waals surface area contributed by atoms with Crippen molar-refractivity contribution in [1.82, 2.24) is 5.32 Å². The van der Waals surface area contributed by atoms with E-state index >= 15 is 0 Å². The predicted octanol–water partition coefficient (Wildman–Crippen LogP) is 2.09. The number of rotatable bonds is 3. The molecule has 4 nitrogen and oxygen atoms in total. The summed E-state index contributed by atoms with van der Waals surface area (Å²) in [7, 11) is 0. The molecule has 2 aliphatic heterocycles. The number of ether oxygens (including phenoxy) is 1. The normalized spacial score (nSPS) is 25.6. The quantitative estimate of drug-likeness (QED) is 0.875. The summed E-state index contributed by atoms with van der Waals surface area (Å²) in [5.41, 5.74) is 2.06. The van der Waals surface area contributed by atoms with Crippen LogP contribution in [0.25, 0.3) is 0 Å². The van der Waals surface area contributed by atoms with Gasteiger partial charge in [-0.3, -0.25) is 4.79 Å². The highest BCUT2D eigenvalue weighted by Crippen LogP contribution is 2.31. The fourth-order valence-corrected chi connectivity index (χ4v) is 2.81. The Bertz CT molecular complexity index is 481. The second kappa shape index (κ2) is 5.21. The lowest BCUT2D eigenvalue weighted by Gasteiger charge is -2.25. The van der Waals surface area contributed by atoms with Gasteiger partial charge in [0, 0.05) is 6.04 Å². The summed E-state index contributed by atoms with van der Waals surface area (Å²) in [5, 5.41) is 6.43. The summed E-state index contributed by atoms with van der Waals surface area (Å²) < 4.78 is 5.69. The molecular formula is C15H20N2O2. The van der Waals surface area contributed by atoms with Crippen molar-refractivity contribution >= 4 is 11.6 Å². The highest BCUT2D eigenvalue weighted by atomic mass is 16.5.